The van der Waals surface area contributed by atoms with Gasteiger partial charge in [-0.05, 0) is 29.8 Å². The maximum Gasteiger partial charge on any atom is 0.263 e. The molecule has 2 aromatic carbocycles. The van der Waals surface area contributed by atoms with Crippen LogP contribution in [0.3, 0.4) is 0 Å². The van der Waals surface area contributed by atoms with E-state index >= 15 is 0 Å². The lowest BCUT2D eigenvalue weighted by molar-refractivity contribution is 0.174. The zero-order valence-corrected chi connectivity index (χ0v) is 14.3. The molecule has 7 nitrogen and oxygen atoms in total. The number of ether oxygens (including phenoxy) is 2. The highest BCUT2D eigenvalue weighted by Gasteiger charge is 2.18. The summed E-state index contributed by atoms with van der Waals surface area (Å²) < 4.78 is 43.2. The summed E-state index contributed by atoms with van der Waals surface area (Å²) in [6, 6.07) is 8.74. The largest absolute Gasteiger partial charge is 0.454 e. The number of nitrogens with zero attached hydrogens (tertiary/aromatic N) is 3. The third-order valence-corrected chi connectivity index (χ3v) is 4.31. The molecule has 2 aromatic heterocycles. The highest BCUT2D eigenvalue weighted by molar-refractivity contribution is 5.97. The van der Waals surface area contributed by atoms with Crippen molar-refractivity contribution in [2.75, 3.05) is 12.1 Å². The molecule has 0 spiro atoms. The van der Waals surface area contributed by atoms with E-state index in [1.54, 1.807) is 0 Å². The summed E-state index contributed by atoms with van der Waals surface area (Å²) in [6.07, 6.45) is 1.32. The van der Waals surface area contributed by atoms with E-state index in [-0.39, 0.29) is 23.8 Å². The summed E-state index contributed by atoms with van der Waals surface area (Å²) in [5, 5.41) is 7.55. The minimum Gasteiger partial charge on any atom is -0.454 e. The topological polar surface area (TPSA) is 82.3 Å². The molecule has 0 saturated heterocycles. The second kappa shape index (κ2) is 6.45. The van der Waals surface area contributed by atoms with Crippen molar-refractivity contribution >= 4 is 16.9 Å². The van der Waals surface area contributed by atoms with Crippen LogP contribution in [0.25, 0.3) is 22.4 Å². The molecule has 0 saturated carbocycles. The number of anilines is 1. The van der Waals surface area contributed by atoms with Crippen LogP contribution in [-0.4, -0.2) is 21.9 Å². The minimum atomic E-state index is -0.710. The van der Waals surface area contributed by atoms with E-state index in [4.69, 9.17) is 14.0 Å². The second-order valence-electron chi connectivity index (χ2n) is 6.13. The first kappa shape index (κ1) is 16.4. The first-order chi connectivity index (χ1) is 13.7. The fourth-order valence-corrected chi connectivity index (χ4v) is 3.04. The third-order valence-electron chi connectivity index (χ3n) is 4.31. The molecule has 0 amide bonds. The Hall–Kier alpha value is -3.75. The maximum atomic E-state index is 13.6. The van der Waals surface area contributed by atoms with Gasteiger partial charge in [-0.3, -0.25) is 0 Å². The van der Waals surface area contributed by atoms with Crippen LogP contribution >= 0.6 is 0 Å². The fraction of sp³-hybridized carbons (Fsp3) is 0.105. The molecule has 0 bridgehead atoms. The summed E-state index contributed by atoms with van der Waals surface area (Å²) in [7, 11) is 0. The lowest BCUT2D eigenvalue weighted by atomic mass is 10.1. The van der Waals surface area contributed by atoms with Crippen LogP contribution < -0.4 is 14.8 Å². The quantitative estimate of drug-likeness (QED) is 0.573. The molecule has 0 unspecified atom stereocenters. The van der Waals surface area contributed by atoms with E-state index in [1.165, 1.54) is 18.5 Å². The van der Waals surface area contributed by atoms with Crippen molar-refractivity contribution in [2.24, 2.45) is 0 Å². The van der Waals surface area contributed by atoms with Crippen LogP contribution in [0.1, 0.15) is 5.56 Å². The van der Waals surface area contributed by atoms with Gasteiger partial charge in [-0.25, -0.2) is 13.8 Å². The lowest BCUT2D eigenvalue weighted by Gasteiger charge is -2.08. The van der Waals surface area contributed by atoms with Crippen LogP contribution in [0.5, 0.6) is 11.5 Å². The number of aromatic nitrogens is 3. The minimum absolute atomic E-state index is 0.201. The van der Waals surface area contributed by atoms with Crippen molar-refractivity contribution in [3.05, 3.63) is 59.9 Å². The molecule has 0 radical (unpaired) electrons. The standard InChI is InChI=1S/C19H12F2N4O3/c20-12-4-11(5-13(21)6-12)17-16-18(23-8-24-19(16)28-25-17)22-7-10-1-2-14-15(3-10)27-9-26-14/h1-6,8H,7,9H2,(H,22,23,24). The Bertz CT molecular complexity index is 1170. The number of fused-ring (bicyclic) bond motifs is 2. The Morgan fingerprint density at radius 2 is 1.79 bits per heavy atom. The van der Waals surface area contributed by atoms with Crippen LogP contribution in [-0.2, 0) is 6.54 Å². The van der Waals surface area contributed by atoms with E-state index in [0.29, 0.717) is 29.2 Å². The Morgan fingerprint density at radius 1 is 0.964 bits per heavy atom. The van der Waals surface area contributed by atoms with Crippen molar-refractivity contribution in [1.29, 1.82) is 0 Å². The average Bonchev–Trinajstić information content (AvgIpc) is 3.32. The van der Waals surface area contributed by atoms with Crippen molar-refractivity contribution in [3.63, 3.8) is 0 Å². The van der Waals surface area contributed by atoms with Gasteiger partial charge in [0.05, 0.1) is 0 Å². The molecule has 0 atom stereocenters. The van der Waals surface area contributed by atoms with Gasteiger partial charge in [0.15, 0.2) is 11.5 Å². The molecule has 9 heteroatoms. The zero-order valence-electron chi connectivity index (χ0n) is 14.3. The van der Waals surface area contributed by atoms with E-state index < -0.39 is 11.6 Å². The van der Waals surface area contributed by atoms with Gasteiger partial charge in [-0.1, -0.05) is 11.2 Å². The predicted octanol–water partition coefficient (Wildman–Crippen LogP) is 3.90. The summed E-state index contributed by atoms with van der Waals surface area (Å²) in [5.41, 5.74) is 1.63. The second-order valence-corrected chi connectivity index (χ2v) is 6.13. The van der Waals surface area contributed by atoms with Crippen LogP contribution in [0.2, 0.25) is 0 Å². The van der Waals surface area contributed by atoms with E-state index in [2.05, 4.69) is 20.4 Å². The van der Waals surface area contributed by atoms with Crippen LogP contribution in [0.4, 0.5) is 14.6 Å². The molecular weight excluding hydrogens is 370 g/mol. The maximum absolute atomic E-state index is 13.6. The van der Waals surface area contributed by atoms with Gasteiger partial charge in [0.2, 0.25) is 6.79 Å². The molecule has 1 N–H and O–H groups in total. The third kappa shape index (κ3) is 2.86. The smallest absolute Gasteiger partial charge is 0.263 e. The van der Waals surface area contributed by atoms with E-state index in [1.807, 2.05) is 18.2 Å². The van der Waals surface area contributed by atoms with E-state index in [9.17, 15) is 8.78 Å². The first-order valence-electron chi connectivity index (χ1n) is 8.36. The Labute approximate surface area is 156 Å². The van der Waals surface area contributed by atoms with Gasteiger partial charge in [0, 0.05) is 18.2 Å². The summed E-state index contributed by atoms with van der Waals surface area (Å²) >= 11 is 0. The monoisotopic (exact) mass is 382 g/mol. The SMILES string of the molecule is Fc1cc(F)cc(-c2noc3ncnc(NCc4ccc5c(c4)OCO5)c23)c1. The van der Waals surface area contributed by atoms with Crippen molar-refractivity contribution < 1.29 is 22.8 Å². The zero-order chi connectivity index (χ0) is 19.1. The molecule has 0 aliphatic carbocycles. The Kier molecular flexibility index (Phi) is 3.78. The van der Waals surface area contributed by atoms with Crippen LogP contribution in [0.15, 0.2) is 47.2 Å². The highest BCUT2D eigenvalue weighted by atomic mass is 19.1. The average molecular weight is 382 g/mol. The normalized spacial score (nSPS) is 12.5. The number of hydrogen-bond donors (Lipinski definition) is 1. The first-order valence-corrected chi connectivity index (χ1v) is 8.36. The number of benzene rings is 2. The van der Waals surface area contributed by atoms with E-state index in [0.717, 1.165) is 11.6 Å². The molecule has 1 aliphatic rings. The predicted molar refractivity (Wildman–Crippen MR) is 94.8 cm³/mol. The van der Waals surface area contributed by atoms with Crippen molar-refractivity contribution in [3.8, 4) is 22.8 Å². The number of nitrogens with one attached hydrogen (secondary N) is 1. The fourth-order valence-electron chi connectivity index (χ4n) is 3.04. The molecular formula is C19H12F2N4O3. The highest BCUT2D eigenvalue weighted by Crippen LogP contribution is 2.34. The van der Waals surface area contributed by atoms with Gasteiger partial charge in [0.1, 0.15) is 34.9 Å². The van der Waals surface area contributed by atoms with Gasteiger partial charge in [0.25, 0.3) is 5.71 Å². The van der Waals surface area contributed by atoms with Crippen molar-refractivity contribution in [2.45, 2.75) is 6.54 Å². The Morgan fingerprint density at radius 3 is 2.64 bits per heavy atom. The van der Waals surface area contributed by atoms with Crippen LogP contribution in [0, 0.1) is 11.6 Å². The lowest BCUT2D eigenvalue weighted by Crippen LogP contribution is -2.02. The van der Waals surface area contributed by atoms with Crippen molar-refractivity contribution in [1.82, 2.24) is 15.1 Å². The number of halogens is 2. The molecule has 5 rings (SSSR count). The number of rotatable bonds is 4. The molecule has 0 fully saturated rings. The Balaban J connectivity index is 1.50. The molecule has 4 aromatic rings. The van der Waals surface area contributed by atoms with Gasteiger partial charge < -0.3 is 19.3 Å². The van der Waals surface area contributed by atoms with Gasteiger partial charge in [-0.2, -0.15) is 4.98 Å². The van der Waals surface area contributed by atoms with Gasteiger partial charge >= 0.3 is 0 Å². The molecule has 28 heavy (non-hydrogen) atoms. The summed E-state index contributed by atoms with van der Waals surface area (Å²) in [6.45, 7) is 0.623. The molecule has 1 aliphatic heterocycles. The molecule has 3 heterocycles. The summed E-state index contributed by atoms with van der Waals surface area (Å²) in [5.74, 6) is 0.384. The molecule has 140 valence electrons. The van der Waals surface area contributed by atoms with Gasteiger partial charge in [-0.15, -0.1) is 0 Å². The number of hydrogen-bond acceptors (Lipinski definition) is 7. The summed E-state index contributed by atoms with van der Waals surface area (Å²) in [4.78, 5) is 8.26.